The van der Waals surface area contributed by atoms with Gasteiger partial charge in [0.15, 0.2) is 0 Å². The van der Waals surface area contributed by atoms with Gasteiger partial charge in [-0.05, 0) is 33.4 Å². The zero-order valence-corrected chi connectivity index (χ0v) is 11.7. The van der Waals surface area contributed by atoms with E-state index in [0.29, 0.717) is 6.04 Å². The minimum Gasteiger partial charge on any atom is -0.314 e. The van der Waals surface area contributed by atoms with Crippen molar-refractivity contribution >= 4 is 11.3 Å². The summed E-state index contributed by atoms with van der Waals surface area (Å²) in [6.07, 6.45) is 5.47. The lowest BCUT2D eigenvalue weighted by molar-refractivity contribution is 0.203. The van der Waals surface area contributed by atoms with Crippen LogP contribution in [0, 0.1) is 0 Å². The van der Waals surface area contributed by atoms with E-state index in [1.165, 1.54) is 42.9 Å². The fraction of sp³-hybridized carbons (Fsp3) is 0.769. The molecular formula is C13H23N3S. The van der Waals surface area contributed by atoms with Gasteiger partial charge in [0.05, 0.1) is 5.69 Å². The normalized spacial score (nSPS) is 22.6. The van der Waals surface area contributed by atoms with Crippen molar-refractivity contribution in [2.45, 2.75) is 51.7 Å². The molecule has 2 heterocycles. The number of nitrogens with one attached hydrogen (secondary N) is 1. The quantitative estimate of drug-likeness (QED) is 0.894. The summed E-state index contributed by atoms with van der Waals surface area (Å²) >= 11 is 1.77. The van der Waals surface area contributed by atoms with E-state index < -0.39 is 0 Å². The second-order valence-electron chi connectivity index (χ2n) is 4.93. The van der Waals surface area contributed by atoms with Gasteiger partial charge in [-0.15, -0.1) is 11.3 Å². The molecule has 1 fully saturated rings. The zero-order chi connectivity index (χ0) is 12.1. The SMILES string of the molecule is CNCc1nc(CN2CCCCCC2C)cs1. The molecule has 0 aliphatic carbocycles. The standard InChI is InChI=1S/C13H23N3S/c1-11-6-4-3-5-7-16(11)9-12-10-17-13(15-12)8-14-2/h10-11,14H,3-9H2,1-2H3. The molecule has 1 aliphatic rings. The molecule has 2 rings (SSSR count). The lowest BCUT2D eigenvalue weighted by atomic mass is 10.1. The van der Waals surface area contributed by atoms with Crippen LogP contribution in [0.1, 0.15) is 43.3 Å². The van der Waals surface area contributed by atoms with Crippen LogP contribution in [0.3, 0.4) is 0 Å². The van der Waals surface area contributed by atoms with E-state index in [4.69, 9.17) is 0 Å². The van der Waals surface area contributed by atoms with Crippen LogP contribution in [-0.2, 0) is 13.1 Å². The van der Waals surface area contributed by atoms with Gasteiger partial charge < -0.3 is 5.32 Å². The predicted molar refractivity (Wildman–Crippen MR) is 73.2 cm³/mol. The smallest absolute Gasteiger partial charge is 0.107 e. The van der Waals surface area contributed by atoms with Crippen LogP contribution in [0.25, 0.3) is 0 Å². The van der Waals surface area contributed by atoms with Crippen molar-refractivity contribution in [3.63, 3.8) is 0 Å². The molecule has 0 amide bonds. The van der Waals surface area contributed by atoms with Gasteiger partial charge in [-0.2, -0.15) is 0 Å². The van der Waals surface area contributed by atoms with Gasteiger partial charge in [0.1, 0.15) is 5.01 Å². The summed E-state index contributed by atoms with van der Waals surface area (Å²) in [5.41, 5.74) is 1.24. The molecule has 1 aromatic heterocycles. The van der Waals surface area contributed by atoms with E-state index in [2.05, 4.69) is 27.5 Å². The molecule has 1 aromatic rings. The second-order valence-corrected chi connectivity index (χ2v) is 5.87. The Morgan fingerprint density at radius 2 is 2.35 bits per heavy atom. The van der Waals surface area contributed by atoms with E-state index in [1.807, 2.05) is 7.05 Å². The maximum Gasteiger partial charge on any atom is 0.107 e. The van der Waals surface area contributed by atoms with Crippen LogP contribution in [0.2, 0.25) is 0 Å². The zero-order valence-electron chi connectivity index (χ0n) is 10.9. The third-order valence-electron chi connectivity index (χ3n) is 3.48. The van der Waals surface area contributed by atoms with Crippen LogP contribution >= 0.6 is 11.3 Å². The van der Waals surface area contributed by atoms with Crippen molar-refractivity contribution < 1.29 is 0 Å². The largest absolute Gasteiger partial charge is 0.314 e. The molecule has 0 bridgehead atoms. The first-order chi connectivity index (χ1) is 8.29. The Morgan fingerprint density at radius 1 is 1.47 bits per heavy atom. The van der Waals surface area contributed by atoms with Crippen LogP contribution in [-0.4, -0.2) is 29.5 Å². The van der Waals surface area contributed by atoms with E-state index in [9.17, 15) is 0 Å². The summed E-state index contributed by atoms with van der Waals surface area (Å²) in [6.45, 7) is 5.51. The highest BCUT2D eigenvalue weighted by Crippen LogP contribution is 2.19. The first-order valence-corrected chi connectivity index (χ1v) is 7.49. The summed E-state index contributed by atoms with van der Waals surface area (Å²) in [7, 11) is 1.97. The Kier molecular flexibility index (Phi) is 4.95. The van der Waals surface area contributed by atoms with Gasteiger partial charge in [-0.1, -0.05) is 12.8 Å². The Balaban J connectivity index is 1.93. The van der Waals surface area contributed by atoms with Crippen molar-refractivity contribution in [2.75, 3.05) is 13.6 Å². The minimum absolute atomic E-state index is 0.715. The summed E-state index contributed by atoms with van der Waals surface area (Å²) in [6, 6.07) is 0.715. The number of nitrogens with zero attached hydrogens (tertiary/aromatic N) is 2. The van der Waals surface area contributed by atoms with Crippen LogP contribution in [0.15, 0.2) is 5.38 Å². The molecule has 17 heavy (non-hydrogen) atoms. The lowest BCUT2D eigenvalue weighted by Crippen LogP contribution is -2.32. The summed E-state index contributed by atoms with van der Waals surface area (Å²) in [4.78, 5) is 7.26. The number of hydrogen-bond acceptors (Lipinski definition) is 4. The number of aromatic nitrogens is 1. The van der Waals surface area contributed by atoms with Crippen molar-refractivity contribution in [3.05, 3.63) is 16.1 Å². The molecule has 0 saturated carbocycles. The fourth-order valence-electron chi connectivity index (χ4n) is 2.43. The highest BCUT2D eigenvalue weighted by atomic mass is 32.1. The van der Waals surface area contributed by atoms with Crippen molar-refractivity contribution in [1.29, 1.82) is 0 Å². The van der Waals surface area contributed by atoms with Crippen molar-refractivity contribution in [3.8, 4) is 0 Å². The predicted octanol–water partition coefficient (Wildman–Crippen LogP) is 2.63. The van der Waals surface area contributed by atoms with Gasteiger partial charge in [-0.3, -0.25) is 4.90 Å². The third-order valence-corrected chi connectivity index (χ3v) is 4.38. The van der Waals surface area contributed by atoms with Crippen LogP contribution in [0.4, 0.5) is 0 Å². The highest BCUT2D eigenvalue weighted by molar-refractivity contribution is 7.09. The third kappa shape index (κ3) is 3.76. The molecule has 1 saturated heterocycles. The molecule has 0 spiro atoms. The van der Waals surface area contributed by atoms with Crippen molar-refractivity contribution in [1.82, 2.24) is 15.2 Å². The lowest BCUT2D eigenvalue weighted by Gasteiger charge is -2.25. The van der Waals surface area contributed by atoms with Gasteiger partial charge in [-0.25, -0.2) is 4.98 Å². The number of hydrogen-bond donors (Lipinski definition) is 1. The van der Waals surface area contributed by atoms with Crippen LogP contribution < -0.4 is 5.32 Å². The number of thiazole rings is 1. The Bertz CT molecular complexity index is 337. The monoisotopic (exact) mass is 253 g/mol. The highest BCUT2D eigenvalue weighted by Gasteiger charge is 2.17. The number of rotatable bonds is 4. The van der Waals surface area contributed by atoms with Crippen LogP contribution in [0.5, 0.6) is 0 Å². The molecule has 1 aliphatic heterocycles. The molecule has 4 heteroatoms. The average Bonchev–Trinajstić information content (AvgIpc) is 2.65. The Labute approximate surface area is 108 Å². The first kappa shape index (κ1) is 13.0. The molecule has 0 aromatic carbocycles. The van der Waals surface area contributed by atoms with Gasteiger partial charge in [0.2, 0.25) is 0 Å². The summed E-state index contributed by atoms with van der Waals surface area (Å²) in [5.74, 6) is 0. The maximum atomic E-state index is 4.67. The molecule has 3 nitrogen and oxygen atoms in total. The molecule has 96 valence electrons. The molecular weight excluding hydrogens is 230 g/mol. The fourth-order valence-corrected chi connectivity index (χ4v) is 3.23. The van der Waals surface area contributed by atoms with Crippen molar-refractivity contribution in [2.24, 2.45) is 0 Å². The average molecular weight is 253 g/mol. The Hall–Kier alpha value is -0.450. The topological polar surface area (TPSA) is 28.2 Å². The van der Waals surface area contributed by atoms with Gasteiger partial charge in [0.25, 0.3) is 0 Å². The van der Waals surface area contributed by atoms with E-state index >= 15 is 0 Å². The maximum absolute atomic E-state index is 4.67. The molecule has 1 atom stereocenters. The molecule has 1 unspecified atom stereocenters. The van der Waals surface area contributed by atoms with E-state index in [-0.39, 0.29) is 0 Å². The Morgan fingerprint density at radius 3 is 3.18 bits per heavy atom. The molecule has 0 radical (unpaired) electrons. The molecule has 1 N–H and O–H groups in total. The van der Waals surface area contributed by atoms with Gasteiger partial charge >= 0.3 is 0 Å². The summed E-state index contributed by atoms with van der Waals surface area (Å²) < 4.78 is 0. The van der Waals surface area contributed by atoms with E-state index in [1.54, 1.807) is 11.3 Å². The minimum atomic E-state index is 0.715. The van der Waals surface area contributed by atoms with E-state index in [0.717, 1.165) is 13.1 Å². The summed E-state index contributed by atoms with van der Waals surface area (Å²) in [5, 5.41) is 6.57. The number of likely N-dealkylation sites (tertiary alicyclic amines) is 1. The van der Waals surface area contributed by atoms with Gasteiger partial charge in [0, 0.05) is 24.5 Å². The first-order valence-electron chi connectivity index (χ1n) is 6.61. The second kappa shape index (κ2) is 6.47.